The minimum absolute atomic E-state index is 0.552. The molecule has 3 aliphatic rings. The number of nitrogens with one attached hydrogen (secondary N) is 1. The van der Waals surface area contributed by atoms with E-state index in [4.69, 9.17) is 5.84 Å². The van der Waals surface area contributed by atoms with Crippen molar-refractivity contribution in [2.45, 2.75) is 56.9 Å². The number of benzene rings is 1. The third-order valence-electron chi connectivity index (χ3n) is 6.16. The highest BCUT2D eigenvalue weighted by atomic mass is 15.2. The molecule has 2 heteroatoms. The van der Waals surface area contributed by atoms with Crippen molar-refractivity contribution in [1.82, 2.24) is 5.43 Å². The van der Waals surface area contributed by atoms with Gasteiger partial charge in [-0.1, -0.05) is 43.5 Å². The maximum atomic E-state index is 5.97. The van der Waals surface area contributed by atoms with Crippen molar-refractivity contribution in [3.8, 4) is 0 Å². The van der Waals surface area contributed by atoms with E-state index in [0.29, 0.717) is 6.04 Å². The highest BCUT2D eigenvalue weighted by molar-refractivity contribution is 5.40. The second kappa shape index (κ2) is 5.16. The Balaban J connectivity index is 1.55. The van der Waals surface area contributed by atoms with Crippen molar-refractivity contribution >= 4 is 0 Å². The Morgan fingerprint density at radius 1 is 1.05 bits per heavy atom. The van der Waals surface area contributed by atoms with Gasteiger partial charge in [0.2, 0.25) is 0 Å². The van der Waals surface area contributed by atoms with Crippen LogP contribution in [0, 0.1) is 17.8 Å². The first-order chi connectivity index (χ1) is 9.90. The second-order valence-electron chi connectivity index (χ2n) is 7.10. The lowest BCUT2D eigenvalue weighted by Gasteiger charge is -2.30. The van der Waals surface area contributed by atoms with Gasteiger partial charge in [-0.25, -0.2) is 0 Å². The predicted molar refractivity (Wildman–Crippen MR) is 82.2 cm³/mol. The normalized spacial score (nSPS) is 34.1. The summed E-state index contributed by atoms with van der Waals surface area (Å²) in [5.41, 5.74) is 6.44. The van der Waals surface area contributed by atoms with Crippen molar-refractivity contribution < 1.29 is 0 Å². The number of nitrogens with two attached hydrogens (primary N) is 1. The lowest BCUT2D eigenvalue weighted by Crippen LogP contribution is -2.44. The Kier molecular flexibility index (Phi) is 3.31. The fraction of sp³-hybridized carbons (Fsp3) is 0.667. The van der Waals surface area contributed by atoms with Gasteiger partial charge in [0.15, 0.2) is 0 Å². The first kappa shape index (κ1) is 12.8. The van der Waals surface area contributed by atoms with Crippen LogP contribution in [0.2, 0.25) is 0 Å². The number of hydrogen-bond acceptors (Lipinski definition) is 2. The zero-order valence-corrected chi connectivity index (χ0v) is 12.2. The third kappa shape index (κ3) is 2.01. The Hall–Kier alpha value is -0.860. The van der Waals surface area contributed by atoms with Crippen molar-refractivity contribution in [3.63, 3.8) is 0 Å². The number of fused-ring (bicyclic) bond motifs is 3. The van der Waals surface area contributed by atoms with Crippen LogP contribution in [0.3, 0.4) is 0 Å². The molecule has 0 aromatic heterocycles. The third-order valence-corrected chi connectivity index (χ3v) is 6.16. The van der Waals surface area contributed by atoms with E-state index in [2.05, 4.69) is 29.7 Å². The van der Waals surface area contributed by atoms with Crippen LogP contribution in [0.15, 0.2) is 24.3 Å². The maximum Gasteiger partial charge on any atom is 0.0275 e. The van der Waals surface area contributed by atoms with E-state index >= 15 is 0 Å². The SMILES string of the molecule is NNC(C1CCCCC1)C1C2CCc3ccccc3C21. The molecule has 108 valence electrons. The monoisotopic (exact) mass is 270 g/mol. The van der Waals surface area contributed by atoms with Gasteiger partial charge in [-0.3, -0.25) is 11.3 Å². The van der Waals surface area contributed by atoms with Crippen LogP contribution >= 0.6 is 0 Å². The maximum absolute atomic E-state index is 5.97. The fourth-order valence-electron chi connectivity index (χ4n) is 5.16. The second-order valence-corrected chi connectivity index (χ2v) is 7.10. The molecule has 4 atom stereocenters. The summed E-state index contributed by atoms with van der Waals surface area (Å²) in [7, 11) is 0. The molecule has 0 saturated heterocycles. The summed E-state index contributed by atoms with van der Waals surface area (Å²) in [5, 5.41) is 0. The minimum Gasteiger partial charge on any atom is -0.271 e. The van der Waals surface area contributed by atoms with E-state index in [1.807, 2.05) is 0 Å². The molecule has 0 spiro atoms. The molecule has 20 heavy (non-hydrogen) atoms. The summed E-state index contributed by atoms with van der Waals surface area (Å²) in [6, 6.07) is 9.64. The van der Waals surface area contributed by atoms with Gasteiger partial charge in [0.25, 0.3) is 0 Å². The average molecular weight is 270 g/mol. The highest BCUT2D eigenvalue weighted by Crippen LogP contribution is 2.62. The molecule has 0 aliphatic heterocycles. The largest absolute Gasteiger partial charge is 0.271 e. The molecule has 0 heterocycles. The van der Waals surface area contributed by atoms with Gasteiger partial charge < -0.3 is 0 Å². The van der Waals surface area contributed by atoms with E-state index in [0.717, 1.165) is 23.7 Å². The molecule has 4 rings (SSSR count). The summed E-state index contributed by atoms with van der Waals surface area (Å²) in [4.78, 5) is 0. The van der Waals surface area contributed by atoms with Crippen LogP contribution in [0.4, 0.5) is 0 Å². The smallest absolute Gasteiger partial charge is 0.0275 e. The topological polar surface area (TPSA) is 38.0 Å². The fourth-order valence-corrected chi connectivity index (χ4v) is 5.16. The summed E-state index contributed by atoms with van der Waals surface area (Å²) < 4.78 is 0. The number of rotatable bonds is 3. The summed E-state index contributed by atoms with van der Waals surface area (Å²) >= 11 is 0. The van der Waals surface area contributed by atoms with Crippen LogP contribution in [0.1, 0.15) is 55.6 Å². The van der Waals surface area contributed by atoms with E-state index in [1.54, 1.807) is 11.1 Å². The van der Waals surface area contributed by atoms with Crippen molar-refractivity contribution in [2.24, 2.45) is 23.6 Å². The quantitative estimate of drug-likeness (QED) is 0.653. The predicted octanol–water partition coefficient (Wildman–Crippen LogP) is 3.37. The van der Waals surface area contributed by atoms with Gasteiger partial charge >= 0.3 is 0 Å². The molecule has 0 radical (unpaired) electrons. The average Bonchev–Trinajstić information content (AvgIpc) is 3.24. The van der Waals surface area contributed by atoms with Gasteiger partial charge in [0.1, 0.15) is 0 Å². The molecule has 3 N–H and O–H groups in total. The van der Waals surface area contributed by atoms with Crippen LogP contribution < -0.4 is 11.3 Å². The van der Waals surface area contributed by atoms with E-state index in [-0.39, 0.29) is 0 Å². The van der Waals surface area contributed by atoms with Gasteiger partial charge in [0, 0.05) is 6.04 Å². The van der Waals surface area contributed by atoms with Gasteiger partial charge in [-0.15, -0.1) is 0 Å². The number of hydrogen-bond donors (Lipinski definition) is 2. The molecule has 1 aromatic rings. The molecular weight excluding hydrogens is 244 g/mol. The zero-order valence-electron chi connectivity index (χ0n) is 12.2. The zero-order chi connectivity index (χ0) is 13.5. The van der Waals surface area contributed by atoms with Gasteiger partial charge in [-0.05, 0) is 60.5 Å². The molecule has 3 aliphatic carbocycles. The summed E-state index contributed by atoms with van der Waals surface area (Å²) in [6.07, 6.45) is 9.64. The molecule has 0 amide bonds. The molecule has 0 bridgehead atoms. The van der Waals surface area contributed by atoms with Crippen LogP contribution in [-0.4, -0.2) is 6.04 Å². The van der Waals surface area contributed by atoms with E-state index in [9.17, 15) is 0 Å². The Bertz CT molecular complexity index is 478. The number of hydrazine groups is 1. The van der Waals surface area contributed by atoms with Crippen LogP contribution in [0.25, 0.3) is 0 Å². The highest BCUT2D eigenvalue weighted by Gasteiger charge is 2.57. The standard InChI is InChI=1S/C18H26N2/c19-20-18(13-7-2-1-3-8-13)17-15-11-10-12-6-4-5-9-14(12)16(15)17/h4-6,9,13,15-18,20H,1-3,7-8,10-11,19H2. The first-order valence-electron chi connectivity index (χ1n) is 8.44. The Morgan fingerprint density at radius 2 is 1.85 bits per heavy atom. The summed E-state index contributed by atoms with van der Waals surface area (Å²) in [6.45, 7) is 0. The molecule has 4 unspecified atom stereocenters. The molecule has 1 aromatic carbocycles. The van der Waals surface area contributed by atoms with Gasteiger partial charge in [-0.2, -0.15) is 0 Å². The lowest BCUT2D eigenvalue weighted by molar-refractivity contribution is 0.241. The lowest BCUT2D eigenvalue weighted by atomic mass is 9.81. The van der Waals surface area contributed by atoms with Crippen LogP contribution in [-0.2, 0) is 6.42 Å². The molecular formula is C18H26N2. The molecule has 2 nitrogen and oxygen atoms in total. The van der Waals surface area contributed by atoms with Crippen molar-refractivity contribution in [1.29, 1.82) is 0 Å². The van der Waals surface area contributed by atoms with E-state index < -0.39 is 0 Å². The van der Waals surface area contributed by atoms with Crippen molar-refractivity contribution in [2.75, 3.05) is 0 Å². The van der Waals surface area contributed by atoms with Crippen LogP contribution in [0.5, 0.6) is 0 Å². The Labute approximate surface area is 122 Å². The Morgan fingerprint density at radius 3 is 2.65 bits per heavy atom. The first-order valence-corrected chi connectivity index (χ1v) is 8.44. The van der Waals surface area contributed by atoms with Gasteiger partial charge in [0.05, 0.1) is 0 Å². The van der Waals surface area contributed by atoms with Crippen molar-refractivity contribution in [3.05, 3.63) is 35.4 Å². The molecule has 2 fully saturated rings. The number of aryl methyl sites for hydroxylation is 1. The van der Waals surface area contributed by atoms with E-state index in [1.165, 1.54) is 44.9 Å². The summed E-state index contributed by atoms with van der Waals surface area (Å²) in [5.74, 6) is 9.27. The molecule has 2 saturated carbocycles. The minimum atomic E-state index is 0.552.